The first-order chi connectivity index (χ1) is 16.6. The molecule has 1 fully saturated rings. The number of aromatic nitrogens is 1. The van der Waals surface area contributed by atoms with E-state index in [0.29, 0.717) is 12.8 Å². The molecule has 1 atom stereocenters. The van der Waals surface area contributed by atoms with E-state index < -0.39 is 23.6 Å². The van der Waals surface area contributed by atoms with Gasteiger partial charge in [-0.05, 0) is 52.8 Å². The summed E-state index contributed by atoms with van der Waals surface area (Å²) in [4.78, 5) is 29.7. The van der Waals surface area contributed by atoms with Crippen molar-refractivity contribution >= 4 is 12.0 Å². The van der Waals surface area contributed by atoms with Crippen LogP contribution >= 0.6 is 0 Å². The van der Waals surface area contributed by atoms with Crippen LogP contribution in [0, 0.1) is 11.3 Å². The van der Waals surface area contributed by atoms with Gasteiger partial charge in [-0.3, -0.25) is 9.78 Å². The summed E-state index contributed by atoms with van der Waals surface area (Å²) < 4.78 is 5.62. The summed E-state index contributed by atoms with van der Waals surface area (Å²) in [6, 6.07) is 21.1. The van der Waals surface area contributed by atoms with Crippen LogP contribution in [-0.2, 0) is 16.0 Å². The van der Waals surface area contributed by atoms with Gasteiger partial charge >= 0.3 is 6.09 Å². The molecule has 2 amide bonds. The third-order valence-electron chi connectivity index (χ3n) is 6.47. The number of fused-ring (bicyclic) bond motifs is 3. The lowest BCUT2D eigenvalue weighted by Crippen LogP contribution is -2.51. The van der Waals surface area contributed by atoms with Crippen LogP contribution in [0.15, 0.2) is 73.1 Å². The third kappa shape index (κ3) is 4.35. The molecule has 34 heavy (non-hydrogen) atoms. The number of carbonyl (C=O) groups is 2. The number of nitrogens with zero attached hydrogens (tertiary/aromatic N) is 2. The molecule has 5 rings (SSSR count). The largest absolute Gasteiger partial charge is 0.449 e. The van der Waals surface area contributed by atoms with Crippen molar-refractivity contribution in [3.63, 3.8) is 0 Å². The van der Waals surface area contributed by atoms with Gasteiger partial charge in [-0.25, -0.2) is 4.79 Å². The molecule has 0 radical (unpaired) electrons. The lowest BCUT2D eigenvalue weighted by Gasteiger charge is -2.21. The smallest absolute Gasteiger partial charge is 0.407 e. The van der Waals surface area contributed by atoms with Gasteiger partial charge in [-0.1, -0.05) is 48.5 Å². The van der Waals surface area contributed by atoms with Gasteiger partial charge in [0.25, 0.3) is 0 Å². The highest BCUT2D eigenvalue weighted by Gasteiger charge is 2.45. The SMILES string of the molecule is N#CC1(NC(=O)[C@H](Cc2ccncc2)NC(=O)OCC2c3ccccc3-c3ccccc32)CC1. The lowest BCUT2D eigenvalue weighted by atomic mass is 9.98. The summed E-state index contributed by atoms with van der Waals surface area (Å²) in [5.41, 5.74) is 4.55. The van der Waals surface area contributed by atoms with Crippen LogP contribution in [0.25, 0.3) is 11.1 Å². The van der Waals surface area contributed by atoms with Crippen LogP contribution in [0.1, 0.15) is 35.4 Å². The first-order valence-corrected chi connectivity index (χ1v) is 11.3. The Morgan fingerprint density at radius 1 is 1.03 bits per heavy atom. The molecule has 3 aromatic rings. The van der Waals surface area contributed by atoms with Gasteiger partial charge in [0, 0.05) is 24.7 Å². The normalized spacial score (nSPS) is 15.9. The summed E-state index contributed by atoms with van der Waals surface area (Å²) in [5, 5.41) is 14.8. The molecule has 0 saturated heterocycles. The van der Waals surface area contributed by atoms with E-state index >= 15 is 0 Å². The van der Waals surface area contributed by atoms with Crippen molar-refractivity contribution < 1.29 is 14.3 Å². The third-order valence-corrected chi connectivity index (χ3v) is 6.47. The van der Waals surface area contributed by atoms with E-state index in [1.54, 1.807) is 24.5 Å². The van der Waals surface area contributed by atoms with Gasteiger partial charge in [0.1, 0.15) is 18.2 Å². The molecule has 7 heteroatoms. The van der Waals surface area contributed by atoms with E-state index in [1.807, 2.05) is 24.3 Å². The molecule has 0 unspecified atom stereocenters. The number of pyridine rings is 1. The number of amides is 2. The van der Waals surface area contributed by atoms with E-state index in [-0.39, 0.29) is 18.9 Å². The lowest BCUT2D eigenvalue weighted by molar-refractivity contribution is -0.123. The maximum absolute atomic E-state index is 12.9. The van der Waals surface area contributed by atoms with Crippen LogP contribution < -0.4 is 10.6 Å². The molecule has 0 spiro atoms. The van der Waals surface area contributed by atoms with E-state index in [4.69, 9.17) is 4.74 Å². The molecule has 2 aliphatic carbocycles. The summed E-state index contributed by atoms with van der Waals surface area (Å²) in [6.07, 6.45) is 4.09. The summed E-state index contributed by atoms with van der Waals surface area (Å²) >= 11 is 0. The molecule has 170 valence electrons. The standard InChI is InChI=1S/C27H24N4O3/c28-17-27(11-12-27)31-25(32)24(15-18-9-13-29-14-10-18)30-26(33)34-16-23-21-7-3-1-5-19(21)20-6-2-4-8-22(20)23/h1-10,13-14,23-24H,11-12,15-16H2,(H,30,33)(H,31,32)/t24-/m0/s1. The van der Waals surface area contributed by atoms with Crippen LogP contribution in [0.4, 0.5) is 4.79 Å². The minimum Gasteiger partial charge on any atom is -0.449 e. The second kappa shape index (κ2) is 8.99. The zero-order valence-corrected chi connectivity index (χ0v) is 18.5. The van der Waals surface area contributed by atoms with Gasteiger partial charge in [0.05, 0.1) is 6.07 Å². The molecule has 2 aliphatic rings. The topological polar surface area (TPSA) is 104 Å². The van der Waals surface area contributed by atoms with Crippen molar-refractivity contribution in [2.45, 2.75) is 36.8 Å². The monoisotopic (exact) mass is 452 g/mol. The number of benzene rings is 2. The van der Waals surface area contributed by atoms with Crippen LogP contribution in [0.3, 0.4) is 0 Å². The highest BCUT2D eigenvalue weighted by Crippen LogP contribution is 2.44. The van der Waals surface area contributed by atoms with E-state index in [9.17, 15) is 14.9 Å². The Bertz CT molecular complexity index is 1220. The number of alkyl carbamates (subject to hydrolysis) is 1. The molecule has 1 aromatic heterocycles. The molecule has 2 aromatic carbocycles. The average Bonchev–Trinajstić information content (AvgIpc) is 3.57. The maximum Gasteiger partial charge on any atom is 0.407 e. The number of hydrogen-bond acceptors (Lipinski definition) is 5. The zero-order chi connectivity index (χ0) is 23.5. The second-order valence-corrected chi connectivity index (χ2v) is 8.77. The Morgan fingerprint density at radius 2 is 1.65 bits per heavy atom. The van der Waals surface area contributed by atoms with Crippen LogP contribution in [0.5, 0.6) is 0 Å². The minimum atomic E-state index is -0.871. The Kier molecular flexibility index (Phi) is 5.72. The van der Waals surface area contributed by atoms with Crippen molar-refractivity contribution in [2.75, 3.05) is 6.61 Å². The Hall–Kier alpha value is -4.18. The first-order valence-electron chi connectivity index (χ1n) is 11.3. The minimum absolute atomic E-state index is 0.0704. The number of rotatable bonds is 7. The summed E-state index contributed by atoms with van der Waals surface area (Å²) in [7, 11) is 0. The first kappa shape index (κ1) is 21.7. The quantitative estimate of drug-likeness (QED) is 0.569. The van der Waals surface area contributed by atoms with E-state index in [0.717, 1.165) is 27.8 Å². The van der Waals surface area contributed by atoms with Crippen molar-refractivity contribution in [3.8, 4) is 17.2 Å². The van der Waals surface area contributed by atoms with E-state index in [1.165, 1.54) is 0 Å². The fourth-order valence-corrected chi connectivity index (χ4v) is 4.46. The fourth-order valence-electron chi connectivity index (χ4n) is 4.46. The Balaban J connectivity index is 1.28. The molecule has 1 heterocycles. The second-order valence-electron chi connectivity index (χ2n) is 8.77. The van der Waals surface area contributed by atoms with Gasteiger partial charge in [-0.2, -0.15) is 5.26 Å². The number of hydrogen-bond donors (Lipinski definition) is 2. The van der Waals surface area contributed by atoms with Crippen molar-refractivity contribution in [1.82, 2.24) is 15.6 Å². The molecule has 0 bridgehead atoms. The summed E-state index contributed by atoms with van der Waals surface area (Å²) in [5.74, 6) is -0.469. The van der Waals surface area contributed by atoms with Gasteiger partial charge in [-0.15, -0.1) is 0 Å². The highest BCUT2D eigenvalue weighted by atomic mass is 16.5. The fraction of sp³-hybridized carbons (Fsp3) is 0.259. The van der Waals surface area contributed by atoms with Gasteiger partial charge in [0.2, 0.25) is 5.91 Å². The number of ether oxygens (including phenoxy) is 1. The molecular formula is C27H24N4O3. The molecule has 2 N–H and O–H groups in total. The van der Waals surface area contributed by atoms with Crippen molar-refractivity contribution in [2.24, 2.45) is 0 Å². The van der Waals surface area contributed by atoms with Crippen LogP contribution in [-0.4, -0.2) is 35.2 Å². The van der Waals surface area contributed by atoms with Crippen molar-refractivity contribution in [1.29, 1.82) is 5.26 Å². The highest BCUT2D eigenvalue weighted by molar-refractivity contribution is 5.87. The molecule has 1 saturated carbocycles. The molecular weight excluding hydrogens is 428 g/mol. The molecule has 0 aliphatic heterocycles. The Labute approximate surface area is 197 Å². The predicted molar refractivity (Wildman–Crippen MR) is 126 cm³/mol. The average molecular weight is 453 g/mol. The summed E-state index contributed by atoms with van der Waals surface area (Å²) in [6.45, 7) is 0.158. The zero-order valence-electron chi connectivity index (χ0n) is 18.5. The number of nitriles is 1. The van der Waals surface area contributed by atoms with Crippen molar-refractivity contribution in [3.05, 3.63) is 89.7 Å². The predicted octanol–water partition coefficient (Wildman–Crippen LogP) is 3.70. The van der Waals surface area contributed by atoms with E-state index in [2.05, 4.69) is 46.0 Å². The molecule has 7 nitrogen and oxygen atoms in total. The van der Waals surface area contributed by atoms with Crippen LogP contribution in [0.2, 0.25) is 0 Å². The number of nitrogens with one attached hydrogen (secondary N) is 2. The van der Waals surface area contributed by atoms with Gasteiger partial charge < -0.3 is 15.4 Å². The van der Waals surface area contributed by atoms with Gasteiger partial charge in [0.15, 0.2) is 0 Å². The Morgan fingerprint density at radius 3 is 2.24 bits per heavy atom. The maximum atomic E-state index is 12.9. The number of carbonyl (C=O) groups excluding carboxylic acids is 2.